The van der Waals surface area contributed by atoms with E-state index < -0.39 is 5.97 Å². The van der Waals surface area contributed by atoms with E-state index in [0.717, 1.165) is 0 Å². The predicted molar refractivity (Wildman–Crippen MR) is 80.2 cm³/mol. The third-order valence-corrected chi connectivity index (χ3v) is 3.61. The van der Waals surface area contributed by atoms with Gasteiger partial charge in [0.1, 0.15) is 5.01 Å². The van der Waals surface area contributed by atoms with Crippen molar-refractivity contribution in [3.8, 4) is 0 Å². The van der Waals surface area contributed by atoms with E-state index in [9.17, 15) is 9.59 Å². The van der Waals surface area contributed by atoms with Crippen molar-refractivity contribution in [3.63, 3.8) is 0 Å². The maximum Gasteiger partial charge on any atom is 0.357 e. The van der Waals surface area contributed by atoms with E-state index >= 15 is 0 Å². The Morgan fingerprint density at radius 2 is 2.10 bits per heavy atom. The van der Waals surface area contributed by atoms with E-state index in [1.54, 1.807) is 17.4 Å². The fourth-order valence-electron chi connectivity index (χ4n) is 1.72. The van der Waals surface area contributed by atoms with Crippen molar-refractivity contribution in [1.82, 2.24) is 9.88 Å². The van der Waals surface area contributed by atoms with Gasteiger partial charge in [-0.3, -0.25) is 4.79 Å². The van der Waals surface area contributed by atoms with Gasteiger partial charge in [0, 0.05) is 25.5 Å². The molecular formula is C14H22N2O4S. The molecule has 1 heterocycles. The average molecular weight is 314 g/mol. The van der Waals surface area contributed by atoms with Crippen LogP contribution in [-0.2, 0) is 20.8 Å². The first-order chi connectivity index (χ1) is 9.97. The van der Waals surface area contributed by atoms with Crippen LogP contribution in [0.4, 0.5) is 0 Å². The number of hydrogen-bond acceptors (Lipinski definition) is 6. The molecule has 6 nitrogen and oxygen atoms in total. The number of rotatable bonds is 8. The van der Waals surface area contributed by atoms with Crippen LogP contribution in [-0.4, -0.2) is 49.1 Å². The van der Waals surface area contributed by atoms with Crippen molar-refractivity contribution in [2.75, 3.05) is 27.4 Å². The molecule has 0 radical (unpaired) electrons. The Balaban J connectivity index is 2.73. The molecule has 0 bridgehead atoms. The Labute approximate surface area is 129 Å². The highest BCUT2D eigenvalue weighted by molar-refractivity contribution is 7.09. The van der Waals surface area contributed by atoms with Crippen LogP contribution in [0.1, 0.15) is 35.8 Å². The Hall–Kier alpha value is -1.47. The van der Waals surface area contributed by atoms with Crippen molar-refractivity contribution >= 4 is 23.2 Å². The van der Waals surface area contributed by atoms with Gasteiger partial charge in [0.2, 0.25) is 5.91 Å². The zero-order valence-electron chi connectivity index (χ0n) is 12.9. The van der Waals surface area contributed by atoms with Gasteiger partial charge in [0.25, 0.3) is 0 Å². The van der Waals surface area contributed by atoms with Crippen LogP contribution in [0, 0.1) is 5.92 Å². The summed E-state index contributed by atoms with van der Waals surface area (Å²) in [5.74, 6) is -0.101. The molecule has 0 atom stereocenters. The standard InChI is InChI=1S/C14H22N2O4S/c1-10(2)7-13(17)16(5-6-19-3)8-12-15-11(9-21-12)14(18)20-4/h9-10H,5-8H2,1-4H3. The number of amides is 1. The molecule has 118 valence electrons. The Morgan fingerprint density at radius 1 is 1.38 bits per heavy atom. The molecule has 0 spiro atoms. The van der Waals surface area contributed by atoms with Gasteiger partial charge in [-0.1, -0.05) is 13.8 Å². The van der Waals surface area contributed by atoms with Crippen LogP contribution in [0.2, 0.25) is 0 Å². The zero-order chi connectivity index (χ0) is 15.8. The van der Waals surface area contributed by atoms with E-state index in [1.165, 1.54) is 18.4 Å². The quantitative estimate of drug-likeness (QED) is 0.686. The number of thiazole rings is 1. The Kier molecular flexibility index (Phi) is 7.31. The number of aromatic nitrogens is 1. The molecule has 0 aromatic carbocycles. The highest BCUT2D eigenvalue weighted by Gasteiger charge is 2.18. The first-order valence-corrected chi connectivity index (χ1v) is 7.65. The lowest BCUT2D eigenvalue weighted by Crippen LogP contribution is -2.34. The van der Waals surface area contributed by atoms with Gasteiger partial charge in [-0.15, -0.1) is 11.3 Å². The summed E-state index contributed by atoms with van der Waals surface area (Å²) in [4.78, 5) is 29.5. The van der Waals surface area contributed by atoms with Gasteiger partial charge >= 0.3 is 5.97 Å². The monoisotopic (exact) mass is 314 g/mol. The summed E-state index contributed by atoms with van der Waals surface area (Å²) in [6.07, 6.45) is 0.485. The van der Waals surface area contributed by atoms with Crippen molar-refractivity contribution in [2.24, 2.45) is 5.92 Å². The summed E-state index contributed by atoms with van der Waals surface area (Å²) < 4.78 is 9.67. The van der Waals surface area contributed by atoms with E-state index in [4.69, 9.17) is 4.74 Å². The highest BCUT2D eigenvalue weighted by atomic mass is 32.1. The molecule has 0 aliphatic carbocycles. The van der Waals surface area contributed by atoms with Gasteiger partial charge in [-0.25, -0.2) is 9.78 Å². The normalized spacial score (nSPS) is 10.7. The molecule has 1 aromatic rings. The molecule has 0 aliphatic heterocycles. The van der Waals surface area contributed by atoms with Crippen molar-refractivity contribution in [2.45, 2.75) is 26.8 Å². The topological polar surface area (TPSA) is 68.7 Å². The molecule has 0 saturated heterocycles. The van der Waals surface area contributed by atoms with Gasteiger partial charge < -0.3 is 14.4 Å². The SMILES string of the molecule is COCCN(Cc1nc(C(=O)OC)cs1)C(=O)CC(C)C. The number of ether oxygens (including phenoxy) is 2. The van der Waals surface area contributed by atoms with Gasteiger partial charge in [0.05, 0.1) is 20.3 Å². The summed E-state index contributed by atoms with van der Waals surface area (Å²) in [5, 5.41) is 2.35. The first kappa shape index (κ1) is 17.6. The maximum atomic E-state index is 12.2. The second kappa shape index (κ2) is 8.74. The summed E-state index contributed by atoms with van der Waals surface area (Å²) in [6, 6.07) is 0. The molecule has 0 aliphatic rings. The van der Waals surface area contributed by atoms with Crippen molar-refractivity contribution in [3.05, 3.63) is 16.1 Å². The zero-order valence-corrected chi connectivity index (χ0v) is 13.7. The predicted octanol–water partition coefficient (Wildman–Crippen LogP) is 1.95. The third kappa shape index (κ3) is 5.81. The van der Waals surface area contributed by atoms with Gasteiger partial charge in [0.15, 0.2) is 5.69 Å². The van der Waals surface area contributed by atoms with Crippen LogP contribution in [0.5, 0.6) is 0 Å². The van der Waals surface area contributed by atoms with E-state index in [2.05, 4.69) is 9.72 Å². The fourth-order valence-corrected chi connectivity index (χ4v) is 2.49. The number of esters is 1. The van der Waals surface area contributed by atoms with Crippen LogP contribution >= 0.6 is 11.3 Å². The molecule has 0 N–H and O–H groups in total. The van der Waals surface area contributed by atoms with E-state index in [0.29, 0.717) is 37.0 Å². The number of methoxy groups -OCH3 is 2. The summed E-state index contributed by atoms with van der Waals surface area (Å²) in [5.41, 5.74) is 0.278. The van der Waals surface area contributed by atoms with Gasteiger partial charge in [-0.05, 0) is 5.92 Å². The number of hydrogen-bond donors (Lipinski definition) is 0. The van der Waals surface area contributed by atoms with Crippen LogP contribution in [0.25, 0.3) is 0 Å². The van der Waals surface area contributed by atoms with Crippen molar-refractivity contribution in [1.29, 1.82) is 0 Å². The highest BCUT2D eigenvalue weighted by Crippen LogP contribution is 2.15. The Bertz CT molecular complexity index is 473. The number of carbonyl (C=O) groups excluding carboxylic acids is 2. The average Bonchev–Trinajstić information content (AvgIpc) is 2.90. The summed E-state index contributed by atoms with van der Waals surface area (Å²) in [7, 11) is 2.92. The lowest BCUT2D eigenvalue weighted by molar-refractivity contribution is -0.133. The lowest BCUT2D eigenvalue weighted by atomic mass is 10.1. The summed E-state index contributed by atoms with van der Waals surface area (Å²) >= 11 is 1.34. The van der Waals surface area contributed by atoms with Crippen LogP contribution in [0.15, 0.2) is 5.38 Å². The van der Waals surface area contributed by atoms with Crippen molar-refractivity contribution < 1.29 is 19.1 Å². The van der Waals surface area contributed by atoms with E-state index in [-0.39, 0.29) is 11.6 Å². The first-order valence-electron chi connectivity index (χ1n) is 6.77. The van der Waals surface area contributed by atoms with Crippen LogP contribution in [0.3, 0.4) is 0 Å². The lowest BCUT2D eigenvalue weighted by Gasteiger charge is -2.22. The Morgan fingerprint density at radius 3 is 2.67 bits per heavy atom. The second-order valence-corrected chi connectivity index (χ2v) is 5.97. The third-order valence-electron chi connectivity index (χ3n) is 2.77. The molecule has 1 rings (SSSR count). The minimum atomic E-state index is -0.463. The number of nitrogens with zero attached hydrogens (tertiary/aromatic N) is 2. The molecule has 0 saturated carbocycles. The molecule has 0 fully saturated rings. The molecule has 1 aromatic heterocycles. The molecule has 21 heavy (non-hydrogen) atoms. The second-order valence-electron chi connectivity index (χ2n) is 5.02. The van der Waals surface area contributed by atoms with E-state index in [1.807, 2.05) is 13.8 Å². The van der Waals surface area contributed by atoms with Gasteiger partial charge in [-0.2, -0.15) is 0 Å². The smallest absolute Gasteiger partial charge is 0.357 e. The maximum absolute atomic E-state index is 12.2. The molecule has 0 unspecified atom stereocenters. The fraction of sp³-hybridized carbons (Fsp3) is 0.643. The largest absolute Gasteiger partial charge is 0.464 e. The molecule has 7 heteroatoms. The molecule has 1 amide bonds. The summed E-state index contributed by atoms with van der Waals surface area (Å²) in [6.45, 7) is 5.38. The number of carbonyl (C=O) groups is 2. The minimum Gasteiger partial charge on any atom is -0.464 e. The minimum absolute atomic E-state index is 0.0665. The molecular weight excluding hydrogens is 292 g/mol. The van der Waals surface area contributed by atoms with Crippen LogP contribution < -0.4 is 0 Å².